The summed E-state index contributed by atoms with van der Waals surface area (Å²) in [6, 6.07) is 30.6. The summed E-state index contributed by atoms with van der Waals surface area (Å²) in [7, 11) is 0. The van der Waals surface area contributed by atoms with E-state index in [0.29, 0.717) is 6.61 Å². The SMILES string of the molecule is CCCCCCCCO[C@H]1NC(=O)[C@H]1NC(c1ccccc1)(c1ccccc1)c1ccccc1. The third kappa shape index (κ3) is 5.40. The van der Waals surface area contributed by atoms with E-state index in [-0.39, 0.29) is 12.1 Å². The molecule has 0 aliphatic carbocycles. The zero-order chi connectivity index (χ0) is 23.6. The van der Waals surface area contributed by atoms with Crippen molar-refractivity contribution in [2.75, 3.05) is 6.61 Å². The molecule has 34 heavy (non-hydrogen) atoms. The number of ether oxygens (including phenoxy) is 1. The number of carbonyl (C=O) groups is 1. The van der Waals surface area contributed by atoms with Crippen LogP contribution in [-0.4, -0.2) is 24.8 Å². The molecule has 0 saturated carbocycles. The molecule has 178 valence electrons. The first-order valence-corrected chi connectivity index (χ1v) is 12.6. The molecule has 1 saturated heterocycles. The van der Waals surface area contributed by atoms with Gasteiger partial charge in [0.25, 0.3) is 0 Å². The van der Waals surface area contributed by atoms with Gasteiger partial charge in [0.1, 0.15) is 6.04 Å². The average molecular weight is 457 g/mol. The van der Waals surface area contributed by atoms with Gasteiger partial charge in [-0.05, 0) is 23.1 Å². The number of nitrogens with one attached hydrogen (secondary N) is 2. The van der Waals surface area contributed by atoms with Crippen LogP contribution in [0.4, 0.5) is 0 Å². The van der Waals surface area contributed by atoms with Crippen molar-refractivity contribution in [3.05, 3.63) is 108 Å². The quantitative estimate of drug-likeness (QED) is 0.195. The van der Waals surface area contributed by atoms with Crippen LogP contribution in [0.2, 0.25) is 0 Å². The van der Waals surface area contributed by atoms with Gasteiger partial charge in [-0.3, -0.25) is 10.1 Å². The lowest BCUT2D eigenvalue weighted by molar-refractivity contribution is -0.148. The van der Waals surface area contributed by atoms with Crippen molar-refractivity contribution in [2.45, 2.75) is 63.3 Å². The molecule has 4 nitrogen and oxygen atoms in total. The predicted molar refractivity (Wildman–Crippen MR) is 137 cm³/mol. The molecular weight excluding hydrogens is 420 g/mol. The molecule has 3 aromatic rings. The summed E-state index contributed by atoms with van der Waals surface area (Å²) in [4.78, 5) is 12.8. The number of amides is 1. The summed E-state index contributed by atoms with van der Waals surface area (Å²) in [5, 5.41) is 6.70. The van der Waals surface area contributed by atoms with Gasteiger partial charge in [-0.25, -0.2) is 0 Å². The molecule has 1 amide bonds. The Hall–Kier alpha value is -2.95. The molecule has 4 heteroatoms. The lowest BCUT2D eigenvalue weighted by Crippen LogP contribution is -2.72. The van der Waals surface area contributed by atoms with Crippen molar-refractivity contribution in [1.29, 1.82) is 0 Å². The minimum atomic E-state index is -0.687. The van der Waals surface area contributed by atoms with Crippen molar-refractivity contribution >= 4 is 5.91 Å². The summed E-state index contributed by atoms with van der Waals surface area (Å²) in [6.07, 6.45) is 6.93. The summed E-state index contributed by atoms with van der Waals surface area (Å²) in [5.74, 6) is -0.0277. The molecule has 0 bridgehead atoms. The monoisotopic (exact) mass is 456 g/mol. The number of rotatable bonds is 13. The van der Waals surface area contributed by atoms with Crippen molar-refractivity contribution in [1.82, 2.24) is 10.6 Å². The Morgan fingerprint density at radius 2 is 1.21 bits per heavy atom. The third-order valence-electron chi connectivity index (χ3n) is 6.66. The maximum atomic E-state index is 12.8. The molecule has 0 radical (unpaired) electrons. The van der Waals surface area contributed by atoms with Gasteiger partial charge in [-0.1, -0.05) is 130 Å². The Labute approximate surface area is 203 Å². The van der Waals surface area contributed by atoms with Crippen LogP contribution in [0.3, 0.4) is 0 Å². The van der Waals surface area contributed by atoms with Crippen LogP contribution in [0.25, 0.3) is 0 Å². The van der Waals surface area contributed by atoms with E-state index in [1.165, 1.54) is 32.1 Å². The Morgan fingerprint density at radius 3 is 1.68 bits per heavy atom. The first-order valence-electron chi connectivity index (χ1n) is 12.6. The predicted octanol–water partition coefficient (Wildman–Crippen LogP) is 5.77. The number of hydrogen-bond acceptors (Lipinski definition) is 3. The molecule has 3 aromatic carbocycles. The molecule has 1 aliphatic heterocycles. The van der Waals surface area contributed by atoms with Crippen molar-refractivity contribution in [3.63, 3.8) is 0 Å². The Kier molecular flexibility index (Phi) is 8.51. The maximum absolute atomic E-state index is 12.8. The number of benzene rings is 3. The molecular formula is C30H36N2O2. The van der Waals surface area contributed by atoms with E-state index in [2.05, 4.69) is 54.0 Å². The van der Waals surface area contributed by atoms with Gasteiger partial charge in [-0.15, -0.1) is 0 Å². The average Bonchev–Trinajstić information content (AvgIpc) is 2.90. The molecule has 2 N–H and O–H groups in total. The van der Waals surface area contributed by atoms with Gasteiger partial charge in [0.15, 0.2) is 6.23 Å². The minimum absolute atomic E-state index is 0.0277. The highest BCUT2D eigenvalue weighted by molar-refractivity contribution is 5.89. The second-order valence-electron chi connectivity index (χ2n) is 9.04. The third-order valence-corrected chi connectivity index (χ3v) is 6.66. The number of unbranched alkanes of at least 4 members (excludes halogenated alkanes) is 5. The molecule has 1 fully saturated rings. The smallest absolute Gasteiger partial charge is 0.243 e. The van der Waals surface area contributed by atoms with Crippen molar-refractivity contribution < 1.29 is 9.53 Å². The molecule has 1 aliphatic rings. The lowest BCUT2D eigenvalue weighted by Gasteiger charge is -2.45. The first-order chi connectivity index (χ1) is 16.8. The van der Waals surface area contributed by atoms with E-state index < -0.39 is 11.6 Å². The first kappa shape index (κ1) is 24.2. The summed E-state index contributed by atoms with van der Waals surface area (Å²) in [6.45, 7) is 2.89. The fraction of sp³-hybridized carbons (Fsp3) is 0.367. The Morgan fingerprint density at radius 1 is 0.735 bits per heavy atom. The maximum Gasteiger partial charge on any atom is 0.243 e. The minimum Gasteiger partial charge on any atom is -0.356 e. The van der Waals surface area contributed by atoms with Gasteiger partial charge in [0.05, 0.1) is 5.54 Å². The largest absolute Gasteiger partial charge is 0.356 e. The van der Waals surface area contributed by atoms with E-state index in [9.17, 15) is 4.79 Å². The van der Waals surface area contributed by atoms with Crippen LogP contribution in [0.5, 0.6) is 0 Å². The fourth-order valence-electron chi connectivity index (χ4n) is 4.77. The highest BCUT2D eigenvalue weighted by Gasteiger charge is 2.47. The van der Waals surface area contributed by atoms with Crippen LogP contribution in [0, 0.1) is 0 Å². The van der Waals surface area contributed by atoms with Crippen molar-refractivity contribution in [2.24, 2.45) is 0 Å². The Bertz CT molecular complexity index is 911. The van der Waals surface area contributed by atoms with Crippen molar-refractivity contribution in [3.8, 4) is 0 Å². The van der Waals surface area contributed by atoms with Crippen LogP contribution < -0.4 is 10.6 Å². The summed E-state index contributed by atoms with van der Waals surface area (Å²) < 4.78 is 6.13. The number of carbonyl (C=O) groups excluding carboxylic acids is 1. The molecule has 0 unspecified atom stereocenters. The summed E-state index contributed by atoms with van der Waals surface area (Å²) in [5.41, 5.74) is 2.57. The van der Waals surface area contributed by atoms with Crippen LogP contribution in [0.1, 0.15) is 62.1 Å². The van der Waals surface area contributed by atoms with E-state index >= 15 is 0 Å². The van der Waals surface area contributed by atoms with Crippen LogP contribution in [0.15, 0.2) is 91.0 Å². The van der Waals surface area contributed by atoms with E-state index in [1.54, 1.807) is 0 Å². The van der Waals surface area contributed by atoms with Gasteiger partial charge < -0.3 is 10.1 Å². The van der Waals surface area contributed by atoms with Gasteiger partial charge in [0.2, 0.25) is 5.91 Å². The zero-order valence-corrected chi connectivity index (χ0v) is 20.1. The Balaban J connectivity index is 1.58. The van der Waals surface area contributed by atoms with Crippen LogP contribution >= 0.6 is 0 Å². The summed E-state index contributed by atoms with van der Waals surface area (Å²) >= 11 is 0. The van der Waals surface area contributed by atoms with E-state index in [1.807, 2.05) is 54.6 Å². The molecule has 0 spiro atoms. The second kappa shape index (κ2) is 12.0. The number of hydrogen-bond donors (Lipinski definition) is 2. The lowest BCUT2D eigenvalue weighted by atomic mass is 9.76. The van der Waals surface area contributed by atoms with E-state index in [4.69, 9.17) is 4.74 Å². The molecule has 1 heterocycles. The molecule has 2 atom stereocenters. The molecule has 0 aromatic heterocycles. The molecule has 4 rings (SSSR count). The standard InChI is InChI=1S/C30H36N2O2/c1-2-3-4-5-6-16-23-34-29-27(28(33)31-29)32-30(24-17-10-7-11-18-24,25-19-12-8-13-20-25)26-21-14-9-15-22-26/h7-15,17-22,27,29,32H,2-6,16,23H2,1H3,(H,31,33)/t27-,29-/m1/s1. The zero-order valence-electron chi connectivity index (χ0n) is 20.1. The van der Waals surface area contributed by atoms with E-state index in [0.717, 1.165) is 23.1 Å². The highest BCUT2D eigenvalue weighted by atomic mass is 16.5. The normalized spacial score (nSPS) is 17.7. The van der Waals surface area contributed by atoms with Gasteiger partial charge in [-0.2, -0.15) is 0 Å². The number of β-lactam (4-membered cyclic amide) rings is 1. The second-order valence-corrected chi connectivity index (χ2v) is 9.04. The van der Waals surface area contributed by atoms with Gasteiger partial charge >= 0.3 is 0 Å². The fourth-order valence-corrected chi connectivity index (χ4v) is 4.77. The van der Waals surface area contributed by atoms with Gasteiger partial charge in [0, 0.05) is 6.61 Å². The topological polar surface area (TPSA) is 50.4 Å². The highest BCUT2D eigenvalue weighted by Crippen LogP contribution is 2.38. The van der Waals surface area contributed by atoms with Crippen LogP contribution in [-0.2, 0) is 15.1 Å².